The minimum atomic E-state index is -0.337. The van der Waals surface area contributed by atoms with Gasteiger partial charge in [0.25, 0.3) is 5.91 Å². The Labute approximate surface area is 101 Å². The van der Waals surface area contributed by atoms with Gasteiger partial charge in [-0.1, -0.05) is 0 Å². The van der Waals surface area contributed by atoms with E-state index in [-0.39, 0.29) is 11.7 Å². The first kappa shape index (κ1) is 10.5. The van der Waals surface area contributed by atoms with Gasteiger partial charge in [0.05, 0.1) is 5.69 Å². The molecule has 1 aliphatic carbocycles. The van der Waals surface area contributed by atoms with E-state index in [0.29, 0.717) is 22.0 Å². The van der Waals surface area contributed by atoms with Gasteiger partial charge in [-0.15, -0.1) is 11.3 Å². The quantitative estimate of drug-likeness (QED) is 0.860. The van der Waals surface area contributed by atoms with Crippen LogP contribution in [-0.2, 0) is 0 Å². The minimum absolute atomic E-state index is 0.147. The molecule has 1 fully saturated rings. The normalized spacial score (nSPS) is 15.1. The number of nitrogens with two attached hydrogens (primary N) is 1. The average molecular weight is 250 g/mol. The summed E-state index contributed by atoms with van der Waals surface area (Å²) >= 11 is 1.31. The molecule has 0 unspecified atom stereocenters. The van der Waals surface area contributed by atoms with E-state index < -0.39 is 0 Å². The number of halogens is 1. The summed E-state index contributed by atoms with van der Waals surface area (Å²) in [6, 6.07) is 4.69. The van der Waals surface area contributed by atoms with Crippen LogP contribution in [0.1, 0.15) is 22.5 Å². The molecule has 5 heteroatoms. The van der Waals surface area contributed by atoms with Gasteiger partial charge in [-0.25, -0.2) is 4.39 Å². The van der Waals surface area contributed by atoms with Crippen molar-refractivity contribution in [1.29, 1.82) is 0 Å². The Balaban J connectivity index is 2.03. The van der Waals surface area contributed by atoms with Gasteiger partial charge < -0.3 is 11.1 Å². The third-order valence-electron chi connectivity index (χ3n) is 2.81. The lowest BCUT2D eigenvalue weighted by atomic mass is 10.2. The van der Waals surface area contributed by atoms with E-state index in [4.69, 9.17) is 5.73 Å². The van der Waals surface area contributed by atoms with E-state index in [1.165, 1.54) is 23.5 Å². The van der Waals surface area contributed by atoms with Gasteiger partial charge >= 0.3 is 0 Å². The van der Waals surface area contributed by atoms with Crippen LogP contribution >= 0.6 is 11.3 Å². The van der Waals surface area contributed by atoms with Crippen molar-refractivity contribution >= 4 is 33.0 Å². The summed E-state index contributed by atoms with van der Waals surface area (Å²) in [6.07, 6.45) is 2.07. The van der Waals surface area contributed by atoms with E-state index >= 15 is 0 Å². The highest BCUT2D eigenvalue weighted by atomic mass is 32.1. The molecule has 1 saturated carbocycles. The highest BCUT2D eigenvalue weighted by molar-refractivity contribution is 7.21. The zero-order valence-corrected chi connectivity index (χ0v) is 9.81. The molecule has 88 valence electrons. The minimum Gasteiger partial charge on any atom is -0.397 e. The number of amides is 1. The number of anilines is 1. The third kappa shape index (κ3) is 1.86. The van der Waals surface area contributed by atoms with Crippen molar-refractivity contribution in [3.8, 4) is 0 Å². The van der Waals surface area contributed by atoms with Gasteiger partial charge in [-0.05, 0) is 31.0 Å². The molecule has 1 amide bonds. The van der Waals surface area contributed by atoms with Crippen LogP contribution in [0.5, 0.6) is 0 Å². The standard InChI is InChI=1S/C12H11FN2OS/c13-6-1-4-9-8(5-6)10(14)11(17-9)12(16)15-7-2-3-7/h1,4-5,7H,2-3,14H2,(H,15,16). The average Bonchev–Trinajstić information content (AvgIpc) is 3.04. The summed E-state index contributed by atoms with van der Waals surface area (Å²) < 4.78 is 13.9. The van der Waals surface area contributed by atoms with Crippen LogP contribution in [0, 0.1) is 5.82 Å². The molecule has 1 heterocycles. The highest BCUT2D eigenvalue weighted by Gasteiger charge is 2.26. The smallest absolute Gasteiger partial charge is 0.263 e. The van der Waals surface area contributed by atoms with Crippen LogP contribution < -0.4 is 11.1 Å². The van der Waals surface area contributed by atoms with Crippen molar-refractivity contribution in [1.82, 2.24) is 5.32 Å². The monoisotopic (exact) mass is 250 g/mol. The Morgan fingerprint density at radius 3 is 2.94 bits per heavy atom. The lowest BCUT2D eigenvalue weighted by Crippen LogP contribution is -2.25. The number of benzene rings is 1. The second-order valence-electron chi connectivity index (χ2n) is 4.23. The van der Waals surface area contributed by atoms with Gasteiger partial charge in [-0.3, -0.25) is 4.79 Å². The predicted octanol–water partition coefficient (Wildman–Crippen LogP) is 2.51. The summed E-state index contributed by atoms with van der Waals surface area (Å²) in [7, 11) is 0. The summed E-state index contributed by atoms with van der Waals surface area (Å²) in [4.78, 5) is 12.4. The molecule has 0 radical (unpaired) electrons. The Kier molecular flexibility index (Phi) is 2.29. The van der Waals surface area contributed by atoms with Crippen LogP contribution in [0.2, 0.25) is 0 Å². The number of rotatable bonds is 2. The second-order valence-corrected chi connectivity index (χ2v) is 5.29. The Bertz CT molecular complexity index is 604. The molecule has 0 spiro atoms. The molecule has 0 aliphatic heterocycles. The molecule has 3 rings (SSSR count). The molecular formula is C12H11FN2OS. The third-order valence-corrected chi connectivity index (χ3v) is 3.99. The van der Waals surface area contributed by atoms with Crippen LogP contribution in [-0.4, -0.2) is 11.9 Å². The van der Waals surface area contributed by atoms with Gasteiger partial charge in [0.1, 0.15) is 10.7 Å². The van der Waals surface area contributed by atoms with E-state index in [1.54, 1.807) is 6.07 Å². The number of nitrogen functional groups attached to an aromatic ring is 1. The van der Waals surface area contributed by atoms with Crippen LogP contribution in [0.3, 0.4) is 0 Å². The Hall–Kier alpha value is -1.62. The number of carbonyl (C=O) groups excluding carboxylic acids is 1. The molecule has 1 aromatic heterocycles. The van der Waals surface area contributed by atoms with E-state index in [1.807, 2.05) is 0 Å². The lowest BCUT2D eigenvalue weighted by Gasteiger charge is -2.00. The van der Waals surface area contributed by atoms with E-state index in [9.17, 15) is 9.18 Å². The first-order chi connectivity index (χ1) is 8.15. The van der Waals surface area contributed by atoms with Crippen LogP contribution in [0.4, 0.5) is 10.1 Å². The second kappa shape index (κ2) is 3.70. The molecule has 1 aromatic carbocycles. The zero-order chi connectivity index (χ0) is 12.0. The zero-order valence-electron chi connectivity index (χ0n) is 9.00. The fourth-order valence-electron chi connectivity index (χ4n) is 1.74. The SMILES string of the molecule is Nc1c(C(=O)NC2CC2)sc2ccc(F)cc12. The summed E-state index contributed by atoms with van der Waals surface area (Å²) in [5.41, 5.74) is 6.27. The maximum Gasteiger partial charge on any atom is 0.263 e. The van der Waals surface area contributed by atoms with Gasteiger partial charge in [0, 0.05) is 16.1 Å². The molecular weight excluding hydrogens is 239 g/mol. The number of hydrogen-bond donors (Lipinski definition) is 2. The maximum atomic E-state index is 13.1. The molecule has 3 nitrogen and oxygen atoms in total. The van der Waals surface area contributed by atoms with Crippen molar-refractivity contribution in [3.63, 3.8) is 0 Å². The number of nitrogens with one attached hydrogen (secondary N) is 1. The first-order valence-electron chi connectivity index (χ1n) is 5.43. The number of thiophene rings is 1. The molecule has 2 aromatic rings. The summed E-state index contributed by atoms with van der Waals surface area (Å²) in [5, 5.41) is 3.51. The fraction of sp³-hybridized carbons (Fsp3) is 0.250. The summed E-state index contributed by atoms with van der Waals surface area (Å²) in [5.74, 6) is -0.484. The largest absolute Gasteiger partial charge is 0.397 e. The number of hydrogen-bond acceptors (Lipinski definition) is 3. The number of fused-ring (bicyclic) bond motifs is 1. The van der Waals surface area contributed by atoms with Crippen molar-refractivity contribution in [2.24, 2.45) is 0 Å². The summed E-state index contributed by atoms with van der Waals surface area (Å²) in [6.45, 7) is 0. The number of carbonyl (C=O) groups is 1. The van der Waals surface area contributed by atoms with Crippen molar-refractivity contribution in [3.05, 3.63) is 28.9 Å². The van der Waals surface area contributed by atoms with Gasteiger partial charge in [0.2, 0.25) is 0 Å². The van der Waals surface area contributed by atoms with Gasteiger partial charge in [-0.2, -0.15) is 0 Å². The Morgan fingerprint density at radius 2 is 2.24 bits per heavy atom. The lowest BCUT2D eigenvalue weighted by molar-refractivity contribution is 0.0956. The maximum absolute atomic E-state index is 13.1. The van der Waals surface area contributed by atoms with E-state index in [0.717, 1.165) is 17.5 Å². The van der Waals surface area contributed by atoms with Crippen LogP contribution in [0.25, 0.3) is 10.1 Å². The Morgan fingerprint density at radius 1 is 1.47 bits per heavy atom. The van der Waals surface area contributed by atoms with Crippen molar-refractivity contribution in [2.75, 3.05) is 5.73 Å². The predicted molar refractivity (Wildman–Crippen MR) is 66.7 cm³/mol. The molecule has 0 atom stereocenters. The van der Waals surface area contributed by atoms with Crippen molar-refractivity contribution < 1.29 is 9.18 Å². The fourth-order valence-corrected chi connectivity index (χ4v) is 2.74. The molecule has 1 aliphatic rings. The van der Waals surface area contributed by atoms with Crippen LogP contribution in [0.15, 0.2) is 18.2 Å². The highest BCUT2D eigenvalue weighted by Crippen LogP contribution is 2.34. The molecule has 17 heavy (non-hydrogen) atoms. The van der Waals surface area contributed by atoms with E-state index in [2.05, 4.69) is 5.32 Å². The molecule has 3 N–H and O–H groups in total. The first-order valence-corrected chi connectivity index (χ1v) is 6.25. The molecule has 0 saturated heterocycles. The van der Waals surface area contributed by atoms with Gasteiger partial charge in [0.15, 0.2) is 0 Å². The van der Waals surface area contributed by atoms with Crippen molar-refractivity contribution in [2.45, 2.75) is 18.9 Å². The molecule has 0 bridgehead atoms. The topological polar surface area (TPSA) is 55.1 Å².